The summed E-state index contributed by atoms with van der Waals surface area (Å²) < 4.78 is 22.6. The molecule has 0 saturated carbocycles. The van der Waals surface area contributed by atoms with Gasteiger partial charge in [-0.2, -0.15) is 0 Å². The molecule has 16 heavy (non-hydrogen) atoms. The Hall–Kier alpha value is -1.27. The average Bonchev–Trinajstić information content (AvgIpc) is 2.16. The summed E-state index contributed by atoms with van der Waals surface area (Å²) in [6, 6.07) is 4.58. The lowest BCUT2D eigenvalue weighted by Gasteiger charge is -2.20. The summed E-state index contributed by atoms with van der Waals surface area (Å²) >= 11 is 0. The molecule has 6 heteroatoms. The lowest BCUT2D eigenvalue weighted by Crippen LogP contribution is -2.22. The Kier molecular flexibility index (Phi) is 3.77. The largest absolute Gasteiger partial charge is 0.397 e. The molecule has 0 aliphatic heterocycles. The van der Waals surface area contributed by atoms with Crippen molar-refractivity contribution in [1.82, 2.24) is 0 Å². The maximum Gasteiger partial charge on any atom is 0.175 e. The fourth-order valence-corrected chi connectivity index (χ4v) is 2.04. The van der Waals surface area contributed by atoms with Gasteiger partial charge in [0.25, 0.3) is 0 Å². The summed E-state index contributed by atoms with van der Waals surface area (Å²) in [5.74, 6) is 0. The topological polar surface area (TPSA) is 83.6 Å². The van der Waals surface area contributed by atoms with E-state index in [0.717, 1.165) is 6.26 Å². The van der Waals surface area contributed by atoms with Crippen LogP contribution in [0.3, 0.4) is 0 Å². The monoisotopic (exact) mass is 244 g/mol. The Morgan fingerprint density at radius 3 is 2.50 bits per heavy atom. The van der Waals surface area contributed by atoms with Gasteiger partial charge in [-0.25, -0.2) is 8.42 Å². The van der Waals surface area contributed by atoms with Crippen molar-refractivity contribution in [2.24, 2.45) is 0 Å². The van der Waals surface area contributed by atoms with Gasteiger partial charge in [-0.3, -0.25) is 0 Å². The molecule has 1 rings (SSSR count). The first kappa shape index (κ1) is 12.8. The van der Waals surface area contributed by atoms with Crippen molar-refractivity contribution in [3.8, 4) is 0 Å². The van der Waals surface area contributed by atoms with Gasteiger partial charge in [0.05, 0.1) is 22.9 Å². The minimum atomic E-state index is -3.23. The third-order valence-corrected chi connectivity index (χ3v) is 3.38. The smallest absolute Gasteiger partial charge is 0.175 e. The highest BCUT2D eigenvalue weighted by Crippen LogP contribution is 2.25. The van der Waals surface area contributed by atoms with Gasteiger partial charge in [-0.05, 0) is 18.2 Å². The van der Waals surface area contributed by atoms with Crippen LogP contribution in [0.2, 0.25) is 0 Å². The van der Waals surface area contributed by atoms with Crippen molar-refractivity contribution in [3.63, 3.8) is 0 Å². The van der Waals surface area contributed by atoms with Gasteiger partial charge in [-0.1, -0.05) is 0 Å². The van der Waals surface area contributed by atoms with E-state index in [9.17, 15) is 8.42 Å². The highest BCUT2D eigenvalue weighted by atomic mass is 32.2. The number of nitrogens with two attached hydrogens (primary N) is 1. The van der Waals surface area contributed by atoms with Crippen LogP contribution in [0.25, 0.3) is 0 Å². The van der Waals surface area contributed by atoms with E-state index in [2.05, 4.69) is 0 Å². The maximum atomic E-state index is 11.3. The second-order valence-corrected chi connectivity index (χ2v) is 5.65. The zero-order chi connectivity index (χ0) is 12.3. The van der Waals surface area contributed by atoms with E-state index in [1.54, 1.807) is 18.0 Å². The molecule has 5 nitrogen and oxygen atoms in total. The molecule has 0 aliphatic rings. The second kappa shape index (κ2) is 4.71. The molecule has 0 aromatic heterocycles. The molecule has 0 spiro atoms. The number of rotatable bonds is 4. The van der Waals surface area contributed by atoms with Crippen molar-refractivity contribution in [2.45, 2.75) is 4.90 Å². The number of nitrogen functional groups attached to an aromatic ring is 1. The van der Waals surface area contributed by atoms with Gasteiger partial charge >= 0.3 is 0 Å². The fraction of sp³-hybridized carbons (Fsp3) is 0.400. The van der Waals surface area contributed by atoms with Crippen LogP contribution in [-0.4, -0.2) is 40.0 Å². The maximum absolute atomic E-state index is 11.3. The van der Waals surface area contributed by atoms with Crippen molar-refractivity contribution < 1.29 is 13.5 Å². The highest BCUT2D eigenvalue weighted by Gasteiger charge is 2.11. The predicted molar refractivity (Wildman–Crippen MR) is 64.3 cm³/mol. The molecule has 0 saturated heterocycles. The molecule has 1 aromatic carbocycles. The van der Waals surface area contributed by atoms with Crippen molar-refractivity contribution >= 4 is 21.2 Å². The van der Waals surface area contributed by atoms with Gasteiger partial charge < -0.3 is 15.7 Å². The SMILES string of the molecule is CN(CCO)c1ccc(S(C)(=O)=O)cc1N. The Bertz CT molecular complexity index is 471. The Morgan fingerprint density at radius 2 is 2.06 bits per heavy atom. The number of likely N-dealkylation sites (N-methyl/N-ethyl adjacent to an activating group) is 1. The number of aliphatic hydroxyl groups is 1. The number of aliphatic hydroxyl groups excluding tert-OH is 1. The molecule has 0 heterocycles. The van der Waals surface area contributed by atoms with Crippen LogP contribution >= 0.6 is 0 Å². The van der Waals surface area contributed by atoms with Gasteiger partial charge in [0.2, 0.25) is 0 Å². The number of benzene rings is 1. The van der Waals surface area contributed by atoms with Crippen LogP contribution in [0, 0.1) is 0 Å². The third-order valence-electron chi connectivity index (χ3n) is 2.27. The first-order valence-electron chi connectivity index (χ1n) is 4.78. The zero-order valence-corrected chi connectivity index (χ0v) is 10.2. The average molecular weight is 244 g/mol. The number of hydrogen-bond acceptors (Lipinski definition) is 5. The molecule has 0 bridgehead atoms. The van der Waals surface area contributed by atoms with Gasteiger partial charge in [-0.15, -0.1) is 0 Å². The summed E-state index contributed by atoms with van der Waals surface area (Å²) in [7, 11) is -1.45. The summed E-state index contributed by atoms with van der Waals surface area (Å²) in [5, 5.41) is 8.79. The van der Waals surface area contributed by atoms with E-state index in [1.165, 1.54) is 12.1 Å². The molecular weight excluding hydrogens is 228 g/mol. The van der Waals surface area contributed by atoms with Crippen LogP contribution in [0.4, 0.5) is 11.4 Å². The van der Waals surface area contributed by atoms with Crippen LogP contribution in [-0.2, 0) is 9.84 Å². The predicted octanol–water partition coefficient (Wildman–Crippen LogP) is 0.101. The molecule has 0 aliphatic carbocycles. The minimum absolute atomic E-state index is 0.0176. The fourth-order valence-electron chi connectivity index (χ4n) is 1.38. The minimum Gasteiger partial charge on any atom is -0.397 e. The molecule has 3 N–H and O–H groups in total. The van der Waals surface area contributed by atoms with Crippen molar-refractivity contribution in [3.05, 3.63) is 18.2 Å². The van der Waals surface area contributed by atoms with Gasteiger partial charge in [0, 0.05) is 19.8 Å². The van der Waals surface area contributed by atoms with E-state index in [4.69, 9.17) is 10.8 Å². The molecule has 0 unspecified atom stereocenters. The Balaban J connectivity index is 3.10. The Morgan fingerprint density at radius 1 is 1.44 bits per heavy atom. The molecule has 0 amide bonds. The first-order valence-corrected chi connectivity index (χ1v) is 6.67. The third kappa shape index (κ3) is 2.86. The second-order valence-electron chi connectivity index (χ2n) is 3.64. The molecule has 1 aromatic rings. The summed E-state index contributed by atoms with van der Waals surface area (Å²) in [4.78, 5) is 1.97. The van der Waals surface area contributed by atoms with E-state index in [1.807, 2.05) is 0 Å². The molecule has 0 atom stereocenters. The summed E-state index contributed by atoms with van der Waals surface area (Å²) in [6.07, 6.45) is 1.14. The molecule has 0 radical (unpaired) electrons. The summed E-state index contributed by atoms with van der Waals surface area (Å²) in [6.45, 7) is 0.464. The van der Waals surface area contributed by atoms with E-state index < -0.39 is 9.84 Å². The molecular formula is C10H16N2O3S. The first-order chi connectivity index (χ1) is 7.36. The number of sulfone groups is 1. The number of hydrogen-bond donors (Lipinski definition) is 2. The van der Waals surface area contributed by atoms with Crippen LogP contribution < -0.4 is 10.6 Å². The molecule has 0 fully saturated rings. The van der Waals surface area contributed by atoms with E-state index >= 15 is 0 Å². The van der Waals surface area contributed by atoms with Gasteiger partial charge in [0.1, 0.15) is 0 Å². The van der Waals surface area contributed by atoms with Crippen LogP contribution in [0.1, 0.15) is 0 Å². The van der Waals surface area contributed by atoms with E-state index in [-0.39, 0.29) is 11.5 Å². The van der Waals surface area contributed by atoms with Gasteiger partial charge in [0.15, 0.2) is 9.84 Å². The molecule has 90 valence electrons. The lowest BCUT2D eigenvalue weighted by molar-refractivity contribution is 0.304. The quantitative estimate of drug-likeness (QED) is 0.734. The van der Waals surface area contributed by atoms with Crippen LogP contribution in [0.5, 0.6) is 0 Å². The number of anilines is 2. The zero-order valence-electron chi connectivity index (χ0n) is 9.34. The standard InChI is InChI=1S/C10H16N2O3S/c1-12(5-6-13)10-4-3-8(7-9(10)11)16(2,14)15/h3-4,7,13H,5-6,11H2,1-2H3. The highest BCUT2D eigenvalue weighted by molar-refractivity contribution is 7.90. The lowest BCUT2D eigenvalue weighted by atomic mass is 10.2. The summed E-state index contributed by atoms with van der Waals surface area (Å²) in [5.41, 5.74) is 6.86. The van der Waals surface area contributed by atoms with Crippen LogP contribution in [0.15, 0.2) is 23.1 Å². The van der Waals surface area contributed by atoms with Crippen molar-refractivity contribution in [1.29, 1.82) is 0 Å². The van der Waals surface area contributed by atoms with E-state index in [0.29, 0.717) is 17.9 Å². The van der Waals surface area contributed by atoms with Crippen molar-refractivity contribution in [2.75, 3.05) is 37.1 Å². The normalized spacial score (nSPS) is 11.4. The number of nitrogens with zero attached hydrogens (tertiary/aromatic N) is 1. The Labute approximate surface area is 95.4 Å².